The van der Waals surface area contributed by atoms with Crippen molar-refractivity contribution >= 4 is 9.84 Å². The minimum absolute atomic E-state index is 0.168. The molecule has 1 fully saturated rings. The maximum Gasteiger partial charge on any atom is 0.151 e. The zero-order valence-electron chi connectivity index (χ0n) is 12.7. The molecule has 0 bridgehead atoms. The van der Waals surface area contributed by atoms with Crippen molar-refractivity contribution < 1.29 is 8.42 Å². The third kappa shape index (κ3) is 3.49. The summed E-state index contributed by atoms with van der Waals surface area (Å²) in [5, 5.41) is 3.34. The Morgan fingerprint density at radius 2 is 1.81 bits per heavy atom. The van der Waals surface area contributed by atoms with Crippen LogP contribution in [0.15, 0.2) is 24.3 Å². The minimum Gasteiger partial charge on any atom is -0.313 e. The van der Waals surface area contributed by atoms with Crippen LogP contribution in [0, 0.1) is 5.92 Å². The Labute approximate surface area is 128 Å². The first kappa shape index (κ1) is 15.0. The molecule has 0 radical (unpaired) electrons. The van der Waals surface area contributed by atoms with E-state index in [1.165, 1.54) is 30.2 Å². The fourth-order valence-corrected chi connectivity index (χ4v) is 5.42. The molecular formula is C17H25NO2S. The largest absolute Gasteiger partial charge is 0.313 e. The Hall–Kier alpha value is -0.870. The van der Waals surface area contributed by atoms with Crippen LogP contribution in [0.3, 0.4) is 0 Å². The van der Waals surface area contributed by atoms with E-state index in [9.17, 15) is 8.42 Å². The number of rotatable bonds is 5. The average molecular weight is 307 g/mol. The highest BCUT2D eigenvalue weighted by Gasteiger charge is 2.34. The molecule has 0 aromatic heterocycles. The lowest BCUT2D eigenvalue weighted by Gasteiger charge is -2.20. The Balaban J connectivity index is 1.47. The molecule has 0 spiro atoms. The summed E-state index contributed by atoms with van der Waals surface area (Å²) >= 11 is 0. The van der Waals surface area contributed by atoms with Crippen LogP contribution in [0.25, 0.3) is 0 Å². The monoisotopic (exact) mass is 307 g/mol. The molecule has 4 heteroatoms. The van der Waals surface area contributed by atoms with E-state index in [0.717, 1.165) is 32.2 Å². The third-order valence-corrected chi connectivity index (χ3v) is 6.76. The predicted octanol–water partition coefficient (Wildman–Crippen LogP) is 2.35. The summed E-state index contributed by atoms with van der Waals surface area (Å²) in [6, 6.07) is 8.88. The van der Waals surface area contributed by atoms with Gasteiger partial charge in [-0.2, -0.15) is 0 Å². The lowest BCUT2D eigenvalue weighted by molar-refractivity contribution is 0.444. The number of fused-ring (bicyclic) bond motifs is 1. The van der Waals surface area contributed by atoms with Crippen molar-refractivity contribution in [1.29, 1.82) is 0 Å². The number of nitrogens with one attached hydrogen (secondary N) is 1. The first-order valence-electron chi connectivity index (χ1n) is 8.03. The molecule has 2 aliphatic rings. The molecule has 3 rings (SSSR count). The van der Waals surface area contributed by atoms with Crippen LogP contribution < -0.4 is 5.32 Å². The van der Waals surface area contributed by atoms with Gasteiger partial charge in [0.05, 0.1) is 5.25 Å². The molecule has 0 unspecified atom stereocenters. The Bertz CT molecular complexity index is 572. The SMILES string of the molecule is CS(=O)(=O)[C@H]1CCC[C@@H]1NCCC1Cc2ccccc2C1. The lowest BCUT2D eigenvalue weighted by atomic mass is 10.0. The van der Waals surface area contributed by atoms with E-state index in [1.54, 1.807) is 0 Å². The molecular weight excluding hydrogens is 282 g/mol. The molecule has 1 saturated carbocycles. The smallest absolute Gasteiger partial charge is 0.151 e. The summed E-state index contributed by atoms with van der Waals surface area (Å²) in [5.74, 6) is 0.716. The maximum atomic E-state index is 11.8. The van der Waals surface area contributed by atoms with Gasteiger partial charge in [0.1, 0.15) is 0 Å². The van der Waals surface area contributed by atoms with Crippen LogP contribution in [-0.4, -0.2) is 32.5 Å². The van der Waals surface area contributed by atoms with E-state index >= 15 is 0 Å². The standard InChI is InChI=1S/C17H25NO2S/c1-21(19,20)17-8-4-7-16(17)18-10-9-13-11-14-5-2-3-6-15(14)12-13/h2-3,5-6,13,16-18H,4,7-12H2,1H3/t16-,17-/m0/s1. The van der Waals surface area contributed by atoms with Crippen LogP contribution in [0.1, 0.15) is 36.8 Å². The molecule has 2 atom stereocenters. The summed E-state index contributed by atoms with van der Waals surface area (Å²) < 4.78 is 23.5. The topological polar surface area (TPSA) is 46.2 Å². The van der Waals surface area contributed by atoms with Gasteiger partial charge in [0.25, 0.3) is 0 Å². The van der Waals surface area contributed by atoms with Crippen molar-refractivity contribution in [3.05, 3.63) is 35.4 Å². The second kappa shape index (κ2) is 6.09. The van der Waals surface area contributed by atoms with E-state index < -0.39 is 9.84 Å². The van der Waals surface area contributed by atoms with Crippen LogP contribution in [0.2, 0.25) is 0 Å². The van der Waals surface area contributed by atoms with Gasteiger partial charge in [0.2, 0.25) is 0 Å². The van der Waals surface area contributed by atoms with Gasteiger partial charge in [-0.25, -0.2) is 8.42 Å². The van der Waals surface area contributed by atoms with Gasteiger partial charge >= 0.3 is 0 Å². The lowest BCUT2D eigenvalue weighted by Crippen LogP contribution is -2.40. The quantitative estimate of drug-likeness (QED) is 0.908. The van der Waals surface area contributed by atoms with E-state index in [2.05, 4.69) is 29.6 Å². The van der Waals surface area contributed by atoms with Crippen molar-refractivity contribution in [3.63, 3.8) is 0 Å². The second-order valence-electron chi connectivity index (χ2n) is 6.69. The molecule has 0 aliphatic heterocycles. The molecule has 0 saturated heterocycles. The van der Waals surface area contributed by atoms with E-state index in [4.69, 9.17) is 0 Å². The molecule has 2 aliphatic carbocycles. The average Bonchev–Trinajstić information content (AvgIpc) is 3.03. The predicted molar refractivity (Wildman–Crippen MR) is 86.2 cm³/mol. The van der Waals surface area contributed by atoms with E-state index in [-0.39, 0.29) is 11.3 Å². The zero-order chi connectivity index (χ0) is 14.9. The Kier molecular flexibility index (Phi) is 4.36. The van der Waals surface area contributed by atoms with Gasteiger partial charge in [-0.05, 0) is 55.7 Å². The third-order valence-electron chi connectivity index (χ3n) is 5.10. The summed E-state index contributed by atoms with van der Waals surface area (Å²) in [6.45, 7) is 0.940. The normalized spacial score (nSPS) is 26.1. The van der Waals surface area contributed by atoms with Crippen molar-refractivity contribution in [1.82, 2.24) is 5.32 Å². The molecule has 3 nitrogen and oxygen atoms in total. The molecule has 0 amide bonds. The molecule has 116 valence electrons. The molecule has 1 aromatic rings. The van der Waals surface area contributed by atoms with Gasteiger partial charge in [-0.3, -0.25) is 0 Å². The molecule has 1 aromatic carbocycles. The van der Waals surface area contributed by atoms with Crippen molar-refractivity contribution in [2.24, 2.45) is 5.92 Å². The van der Waals surface area contributed by atoms with Gasteiger partial charge in [0, 0.05) is 12.3 Å². The highest BCUT2D eigenvalue weighted by Crippen LogP contribution is 2.29. The number of hydrogen-bond acceptors (Lipinski definition) is 3. The van der Waals surface area contributed by atoms with Crippen LogP contribution >= 0.6 is 0 Å². The van der Waals surface area contributed by atoms with E-state index in [1.807, 2.05) is 0 Å². The van der Waals surface area contributed by atoms with Crippen LogP contribution in [0.4, 0.5) is 0 Å². The Morgan fingerprint density at radius 3 is 2.43 bits per heavy atom. The highest BCUT2D eigenvalue weighted by atomic mass is 32.2. The first-order valence-corrected chi connectivity index (χ1v) is 9.98. The van der Waals surface area contributed by atoms with Gasteiger partial charge in [-0.15, -0.1) is 0 Å². The highest BCUT2D eigenvalue weighted by molar-refractivity contribution is 7.91. The summed E-state index contributed by atoms with van der Waals surface area (Å²) in [5.41, 5.74) is 3.00. The van der Waals surface area contributed by atoms with E-state index in [0.29, 0.717) is 5.92 Å². The summed E-state index contributed by atoms with van der Waals surface area (Å²) in [4.78, 5) is 0. The zero-order valence-corrected chi connectivity index (χ0v) is 13.5. The van der Waals surface area contributed by atoms with Gasteiger partial charge in [-0.1, -0.05) is 30.7 Å². The summed E-state index contributed by atoms with van der Waals surface area (Å²) in [7, 11) is -2.91. The number of hydrogen-bond donors (Lipinski definition) is 1. The Morgan fingerprint density at radius 1 is 1.14 bits per heavy atom. The molecule has 1 N–H and O–H groups in total. The summed E-state index contributed by atoms with van der Waals surface area (Å²) in [6.07, 6.45) is 7.74. The first-order chi connectivity index (χ1) is 10.0. The fourth-order valence-electron chi connectivity index (χ4n) is 4.00. The number of sulfone groups is 1. The van der Waals surface area contributed by atoms with Crippen LogP contribution in [0.5, 0.6) is 0 Å². The molecule has 21 heavy (non-hydrogen) atoms. The van der Waals surface area contributed by atoms with Crippen LogP contribution in [-0.2, 0) is 22.7 Å². The number of benzene rings is 1. The van der Waals surface area contributed by atoms with Crippen molar-refractivity contribution in [2.45, 2.75) is 49.8 Å². The maximum absolute atomic E-state index is 11.8. The van der Waals surface area contributed by atoms with Crippen molar-refractivity contribution in [3.8, 4) is 0 Å². The molecule has 0 heterocycles. The van der Waals surface area contributed by atoms with Gasteiger partial charge < -0.3 is 5.32 Å². The fraction of sp³-hybridized carbons (Fsp3) is 0.647. The second-order valence-corrected chi connectivity index (χ2v) is 8.96. The minimum atomic E-state index is -2.91. The van der Waals surface area contributed by atoms with Gasteiger partial charge in [0.15, 0.2) is 9.84 Å². The van der Waals surface area contributed by atoms with Crippen molar-refractivity contribution in [2.75, 3.05) is 12.8 Å².